The van der Waals surface area contributed by atoms with Crippen molar-refractivity contribution in [3.05, 3.63) is 147 Å². The SMILES string of the molecule is CCn1c(CCCc2ccc(-c3ccc(CS(=O)(=O)NCc4ccccc4)cc3)cc2)nn(Cc2ccc(C(C)(C)C)cc2)c1=O. The molecule has 1 N–H and O–H groups in total. The molecule has 7 nitrogen and oxygen atoms in total. The zero-order valence-corrected chi connectivity index (χ0v) is 28.1. The maximum absolute atomic E-state index is 13.1. The van der Waals surface area contributed by atoms with Crippen LogP contribution in [0.4, 0.5) is 0 Å². The fourth-order valence-corrected chi connectivity index (χ4v) is 6.66. The molecule has 4 aromatic carbocycles. The van der Waals surface area contributed by atoms with E-state index < -0.39 is 10.0 Å². The summed E-state index contributed by atoms with van der Waals surface area (Å²) in [5.41, 5.74) is 7.37. The Kier molecular flexibility index (Phi) is 10.4. The number of aromatic nitrogens is 3. The Labute approximate surface area is 273 Å². The lowest BCUT2D eigenvalue weighted by Gasteiger charge is -2.19. The van der Waals surface area contributed by atoms with Gasteiger partial charge in [-0.2, -0.15) is 5.10 Å². The molecule has 0 radical (unpaired) electrons. The lowest BCUT2D eigenvalue weighted by atomic mass is 9.87. The van der Waals surface area contributed by atoms with Crippen LogP contribution in [0.25, 0.3) is 11.1 Å². The topological polar surface area (TPSA) is 86.0 Å². The minimum Gasteiger partial charge on any atom is -0.279 e. The van der Waals surface area contributed by atoms with E-state index in [0.29, 0.717) is 13.1 Å². The van der Waals surface area contributed by atoms with E-state index >= 15 is 0 Å². The van der Waals surface area contributed by atoms with Crippen molar-refractivity contribution in [1.82, 2.24) is 19.1 Å². The van der Waals surface area contributed by atoms with Crippen LogP contribution in [0.15, 0.2) is 108 Å². The van der Waals surface area contributed by atoms with E-state index in [2.05, 4.69) is 74.0 Å². The van der Waals surface area contributed by atoms with Crippen LogP contribution in [0.2, 0.25) is 0 Å². The fraction of sp³-hybridized carbons (Fsp3) is 0.316. The number of hydrogen-bond acceptors (Lipinski definition) is 4. The van der Waals surface area contributed by atoms with E-state index in [0.717, 1.165) is 52.9 Å². The van der Waals surface area contributed by atoms with E-state index in [1.165, 1.54) is 11.1 Å². The van der Waals surface area contributed by atoms with Gasteiger partial charge in [0.15, 0.2) is 0 Å². The summed E-state index contributed by atoms with van der Waals surface area (Å²) in [7, 11) is -3.45. The fourth-order valence-electron chi connectivity index (χ4n) is 5.54. The summed E-state index contributed by atoms with van der Waals surface area (Å²) >= 11 is 0. The highest BCUT2D eigenvalue weighted by atomic mass is 32.2. The Morgan fingerprint density at radius 1 is 0.717 bits per heavy atom. The Balaban J connectivity index is 1.14. The first-order valence-electron chi connectivity index (χ1n) is 16.0. The molecule has 5 aromatic rings. The van der Waals surface area contributed by atoms with Crippen molar-refractivity contribution in [3.63, 3.8) is 0 Å². The first-order valence-corrected chi connectivity index (χ1v) is 17.6. The van der Waals surface area contributed by atoms with Gasteiger partial charge in [-0.25, -0.2) is 22.6 Å². The van der Waals surface area contributed by atoms with Crippen LogP contribution in [-0.2, 0) is 53.7 Å². The van der Waals surface area contributed by atoms with Crippen LogP contribution in [0.3, 0.4) is 0 Å². The molecule has 46 heavy (non-hydrogen) atoms. The molecule has 1 aromatic heterocycles. The lowest BCUT2D eigenvalue weighted by molar-refractivity contribution is 0.580. The van der Waals surface area contributed by atoms with Gasteiger partial charge >= 0.3 is 5.69 Å². The minimum absolute atomic E-state index is 0.0613. The molecule has 0 aliphatic carbocycles. The lowest BCUT2D eigenvalue weighted by Crippen LogP contribution is -2.25. The third-order valence-electron chi connectivity index (χ3n) is 8.27. The molecule has 8 heteroatoms. The average Bonchev–Trinajstić information content (AvgIpc) is 3.34. The van der Waals surface area contributed by atoms with Crippen LogP contribution < -0.4 is 10.4 Å². The summed E-state index contributed by atoms with van der Waals surface area (Å²) < 4.78 is 31.2. The normalized spacial score (nSPS) is 12.0. The minimum atomic E-state index is -3.45. The smallest absolute Gasteiger partial charge is 0.279 e. The van der Waals surface area contributed by atoms with Crippen molar-refractivity contribution in [2.45, 2.75) is 77.8 Å². The van der Waals surface area contributed by atoms with Crippen molar-refractivity contribution in [2.75, 3.05) is 0 Å². The first kappa shape index (κ1) is 33.1. The highest BCUT2D eigenvalue weighted by molar-refractivity contribution is 7.88. The monoisotopic (exact) mass is 636 g/mol. The highest BCUT2D eigenvalue weighted by Crippen LogP contribution is 2.23. The van der Waals surface area contributed by atoms with Crippen LogP contribution in [0, 0.1) is 0 Å². The summed E-state index contributed by atoms with van der Waals surface area (Å²) in [5, 5.41) is 4.71. The van der Waals surface area contributed by atoms with E-state index in [1.807, 2.05) is 61.5 Å². The van der Waals surface area contributed by atoms with Crippen LogP contribution in [-0.4, -0.2) is 22.8 Å². The second-order valence-electron chi connectivity index (χ2n) is 12.9. The molecule has 240 valence electrons. The number of nitrogens with zero attached hydrogens (tertiary/aromatic N) is 3. The van der Waals surface area contributed by atoms with E-state index in [4.69, 9.17) is 5.10 Å². The summed E-state index contributed by atoms with van der Waals surface area (Å²) in [5.74, 6) is 0.765. The zero-order chi connectivity index (χ0) is 32.7. The molecular weight excluding hydrogens is 593 g/mol. The van der Waals surface area contributed by atoms with E-state index in [1.54, 1.807) is 9.25 Å². The number of benzene rings is 4. The predicted octanol–water partition coefficient (Wildman–Crippen LogP) is 6.87. The molecule has 0 bridgehead atoms. The van der Waals surface area contributed by atoms with Gasteiger partial charge in [-0.3, -0.25) is 4.57 Å². The van der Waals surface area contributed by atoms with Crippen LogP contribution in [0.5, 0.6) is 0 Å². The van der Waals surface area contributed by atoms with E-state index in [9.17, 15) is 13.2 Å². The predicted molar refractivity (Wildman–Crippen MR) is 186 cm³/mol. The number of aryl methyl sites for hydroxylation is 2. The average molecular weight is 637 g/mol. The van der Waals surface area contributed by atoms with Crippen molar-refractivity contribution in [1.29, 1.82) is 0 Å². The van der Waals surface area contributed by atoms with Gasteiger partial charge in [0.1, 0.15) is 5.82 Å². The number of rotatable bonds is 13. The molecule has 0 fully saturated rings. The molecule has 0 aliphatic heterocycles. The number of sulfonamides is 1. The van der Waals surface area contributed by atoms with Gasteiger partial charge in [0.2, 0.25) is 10.0 Å². The second kappa shape index (κ2) is 14.4. The Bertz CT molecular complexity index is 1890. The van der Waals surface area contributed by atoms with Crippen molar-refractivity contribution in [2.24, 2.45) is 0 Å². The van der Waals surface area contributed by atoms with Crippen molar-refractivity contribution < 1.29 is 8.42 Å². The molecule has 0 atom stereocenters. The molecule has 1 heterocycles. The summed E-state index contributed by atoms with van der Waals surface area (Å²) in [6.45, 7) is 9.91. The number of nitrogens with one attached hydrogen (secondary N) is 1. The van der Waals surface area contributed by atoms with Gasteiger partial charge in [-0.05, 0) is 64.1 Å². The van der Waals surface area contributed by atoms with Gasteiger partial charge in [0.25, 0.3) is 0 Å². The first-order chi connectivity index (χ1) is 22.0. The summed E-state index contributed by atoms with van der Waals surface area (Å²) in [4.78, 5) is 13.1. The molecule has 0 aliphatic rings. The molecule has 0 spiro atoms. The number of hydrogen-bond donors (Lipinski definition) is 1. The Morgan fingerprint density at radius 3 is 1.89 bits per heavy atom. The highest BCUT2D eigenvalue weighted by Gasteiger charge is 2.15. The Morgan fingerprint density at radius 2 is 1.30 bits per heavy atom. The van der Waals surface area contributed by atoms with Crippen LogP contribution in [0.1, 0.15) is 67.8 Å². The van der Waals surface area contributed by atoms with Crippen molar-refractivity contribution in [3.8, 4) is 11.1 Å². The molecule has 5 rings (SSSR count). The zero-order valence-electron chi connectivity index (χ0n) is 27.2. The van der Waals surface area contributed by atoms with Gasteiger partial charge in [-0.15, -0.1) is 0 Å². The van der Waals surface area contributed by atoms with E-state index in [-0.39, 0.29) is 23.4 Å². The molecule has 0 saturated carbocycles. The summed E-state index contributed by atoms with van der Waals surface area (Å²) in [6, 6.07) is 34.1. The third kappa shape index (κ3) is 8.71. The molecule has 0 unspecified atom stereocenters. The maximum atomic E-state index is 13.1. The Hall–Kier alpha value is -4.27. The van der Waals surface area contributed by atoms with Gasteiger partial charge in [-0.1, -0.05) is 124 Å². The summed E-state index contributed by atoms with van der Waals surface area (Å²) in [6.07, 6.45) is 2.50. The molecule has 0 saturated heterocycles. The quantitative estimate of drug-likeness (QED) is 0.153. The largest absolute Gasteiger partial charge is 0.346 e. The second-order valence-corrected chi connectivity index (χ2v) is 14.7. The third-order valence-corrected chi connectivity index (χ3v) is 9.57. The van der Waals surface area contributed by atoms with Gasteiger partial charge in [0, 0.05) is 19.5 Å². The molecule has 0 amide bonds. The molecular formula is C38H44N4O3S. The van der Waals surface area contributed by atoms with Gasteiger partial charge in [0.05, 0.1) is 12.3 Å². The maximum Gasteiger partial charge on any atom is 0.346 e. The van der Waals surface area contributed by atoms with Crippen LogP contribution >= 0.6 is 0 Å². The van der Waals surface area contributed by atoms with Gasteiger partial charge < -0.3 is 0 Å². The standard InChI is InChI=1S/C38H44N4O3S/c1-5-41-36(40-42(37(41)43)27-31-18-24-35(25-19-31)38(2,3)4)13-9-12-29-14-20-33(21-15-29)34-22-16-32(17-23-34)28-46(44,45)39-26-30-10-7-6-8-11-30/h6-8,10-11,14-25,39H,5,9,12-13,26-28H2,1-4H3. The van der Waals surface area contributed by atoms with Crippen molar-refractivity contribution >= 4 is 10.0 Å².